The van der Waals surface area contributed by atoms with E-state index >= 15 is 0 Å². The molecule has 0 aromatic carbocycles. The van der Waals surface area contributed by atoms with Gasteiger partial charge in [0.05, 0.1) is 6.33 Å². The van der Waals surface area contributed by atoms with Crippen molar-refractivity contribution in [2.45, 2.75) is 72.0 Å². The van der Waals surface area contributed by atoms with E-state index in [9.17, 15) is 14.2 Å². The van der Waals surface area contributed by atoms with Gasteiger partial charge in [0.2, 0.25) is 0 Å². The number of fused-ring (bicyclic) bond motifs is 1. The SMILES string of the molecule is CCCCn1c(=O)c2c(ncn2CCCCO[P+](=O)O)n(CCCC)c1=O. The third-order valence-electron chi connectivity index (χ3n) is 4.45. The molecule has 9 nitrogen and oxygen atoms in total. The number of aromatic nitrogens is 4. The molecule has 0 amide bonds. The average Bonchev–Trinajstić information content (AvgIpc) is 3.05. The summed E-state index contributed by atoms with van der Waals surface area (Å²) in [6, 6.07) is 0. The molecule has 2 aromatic heterocycles. The van der Waals surface area contributed by atoms with Crippen LogP contribution in [0.3, 0.4) is 0 Å². The molecule has 0 radical (unpaired) electrons. The van der Waals surface area contributed by atoms with Gasteiger partial charge in [-0.3, -0.25) is 13.9 Å². The topological polar surface area (TPSA) is 108 Å². The van der Waals surface area contributed by atoms with Crippen LogP contribution in [0.15, 0.2) is 15.9 Å². The standard InChI is InChI=1S/C17H27N4O5P/c1-3-5-10-20-15-14(16(22)21(17(20)23)11-6-4-2)19(13-18-15)9-7-8-12-26-27(24)25/h13H,3-12H2,1-2H3/p+1. The van der Waals surface area contributed by atoms with Crippen molar-refractivity contribution in [3.8, 4) is 0 Å². The van der Waals surface area contributed by atoms with Gasteiger partial charge in [-0.05, 0) is 25.7 Å². The maximum atomic E-state index is 12.9. The lowest BCUT2D eigenvalue weighted by Crippen LogP contribution is -2.40. The first-order valence-corrected chi connectivity index (χ1v) is 10.6. The van der Waals surface area contributed by atoms with Gasteiger partial charge in [0.25, 0.3) is 5.56 Å². The number of hydrogen-bond donors (Lipinski definition) is 1. The second-order valence-corrected chi connectivity index (χ2v) is 7.22. The van der Waals surface area contributed by atoms with Crippen molar-refractivity contribution in [3.63, 3.8) is 0 Å². The molecule has 0 saturated carbocycles. The van der Waals surface area contributed by atoms with Gasteiger partial charge in [0, 0.05) is 24.2 Å². The van der Waals surface area contributed by atoms with Gasteiger partial charge >= 0.3 is 13.9 Å². The van der Waals surface area contributed by atoms with Crippen LogP contribution in [0.2, 0.25) is 0 Å². The van der Waals surface area contributed by atoms with Crippen LogP contribution in [0.4, 0.5) is 0 Å². The van der Waals surface area contributed by atoms with E-state index in [1.807, 2.05) is 6.92 Å². The summed E-state index contributed by atoms with van der Waals surface area (Å²) in [7, 11) is -2.58. The maximum absolute atomic E-state index is 12.9. The van der Waals surface area contributed by atoms with Crippen LogP contribution in [-0.4, -0.2) is 30.2 Å². The van der Waals surface area contributed by atoms with Crippen molar-refractivity contribution >= 4 is 19.4 Å². The number of imidazole rings is 1. The molecule has 0 bridgehead atoms. The van der Waals surface area contributed by atoms with Crippen molar-refractivity contribution in [2.24, 2.45) is 0 Å². The molecular weight excluding hydrogens is 371 g/mol. The Morgan fingerprint density at radius 3 is 2.33 bits per heavy atom. The van der Waals surface area contributed by atoms with Gasteiger partial charge in [-0.1, -0.05) is 26.7 Å². The second-order valence-electron chi connectivity index (χ2n) is 6.49. The zero-order chi connectivity index (χ0) is 19.8. The van der Waals surface area contributed by atoms with Crippen LogP contribution in [0.25, 0.3) is 11.2 Å². The average molecular weight is 399 g/mol. The Labute approximate surface area is 158 Å². The number of rotatable bonds is 12. The van der Waals surface area contributed by atoms with Crippen LogP contribution in [0.1, 0.15) is 52.4 Å². The minimum absolute atomic E-state index is 0.181. The first-order valence-electron chi connectivity index (χ1n) is 9.48. The first-order chi connectivity index (χ1) is 13.0. The Morgan fingerprint density at radius 1 is 1.04 bits per heavy atom. The Morgan fingerprint density at radius 2 is 1.70 bits per heavy atom. The minimum atomic E-state index is -2.58. The number of hydrogen-bond acceptors (Lipinski definition) is 5. The molecule has 1 atom stereocenters. The van der Waals surface area contributed by atoms with Crippen molar-refractivity contribution in [1.82, 2.24) is 18.7 Å². The highest BCUT2D eigenvalue weighted by Crippen LogP contribution is 2.15. The summed E-state index contributed by atoms with van der Waals surface area (Å²) in [4.78, 5) is 38.7. The number of aryl methyl sites for hydroxylation is 2. The molecule has 27 heavy (non-hydrogen) atoms. The number of unbranched alkanes of at least 4 members (excludes halogenated alkanes) is 3. The minimum Gasteiger partial charge on any atom is -0.325 e. The molecule has 10 heteroatoms. The van der Waals surface area contributed by atoms with Gasteiger partial charge in [-0.15, -0.1) is 9.42 Å². The van der Waals surface area contributed by atoms with Crippen LogP contribution in [-0.2, 0) is 28.7 Å². The van der Waals surface area contributed by atoms with E-state index in [-0.39, 0.29) is 17.9 Å². The summed E-state index contributed by atoms with van der Waals surface area (Å²) in [6.07, 6.45) is 6.27. The highest BCUT2D eigenvalue weighted by atomic mass is 31.1. The van der Waals surface area contributed by atoms with Crippen molar-refractivity contribution in [2.75, 3.05) is 6.61 Å². The highest BCUT2D eigenvalue weighted by molar-refractivity contribution is 7.32. The van der Waals surface area contributed by atoms with Crippen LogP contribution >= 0.6 is 8.25 Å². The molecule has 0 spiro atoms. The summed E-state index contributed by atoms with van der Waals surface area (Å²) in [5, 5.41) is 0. The first kappa shape index (κ1) is 21.5. The van der Waals surface area contributed by atoms with Crippen LogP contribution < -0.4 is 11.2 Å². The van der Waals surface area contributed by atoms with E-state index in [4.69, 9.17) is 4.89 Å². The molecule has 1 unspecified atom stereocenters. The molecular formula is C17H28N4O5P+. The van der Waals surface area contributed by atoms with Gasteiger partial charge in [-0.2, -0.15) is 0 Å². The zero-order valence-electron chi connectivity index (χ0n) is 16.0. The van der Waals surface area contributed by atoms with Crippen LogP contribution in [0.5, 0.6) is 0 Å². The summed E-state index contributed by atoms with van der Waals surface area (Å²) in [5.74, 6) is 0. The zero-order valence-corrected chi connectivity index (χ0v) is 16.9. The third kappa shape index (κ3) is 5.34. The Hall–Kier alpha value is -1.83. The number of nitrogens with zero attached hydrogens (tertiary/aromatic N) is 4. The van der Waals surface area contributed by atoms with Crippen molar-refractivity contribution < 1.29 is 14.0 Å². The molecule has 1 N–H and O–H groups in total. The molecule has 0 aliphatic rings. The molecule has 0 saturated heterocycles. The second kappa shape index (κ2) is 10.5. The molecule has 150 valence electrons. The lowest BCUT2D eigenvalue weighted by atomic mass is 10.3. The third-order valence-corrected chi connectivity index (χ3v) is 4.85. The van der Waals surface area contributed by atoms with Crippen LogP contribution in [0, 0.1) is 0 Å². The van der Waals surface area contributed by atoms with Crippen molar-refractivity contribution in [3.05, 3.63) is 27.2 Å². The fraction of sp³-hybridized carbons (Fsp3) is 0.706. The summed E-state index contributed by atoms with van der Waals surface area (Å²) >= 11 is 0. The molecule has 2 aromatic rings. The monoisotopic (exact) mass is 399 g/mol. The Bertz CT molecular complexity index is 886. The summed E-state index contributed by atoms with van der Waals surface area (Å²) in [6.45, 7) is 5.71. The maximum Gasteiger partial charge on any atom is 0.694 e. The fourth-order valence-corrected chi connectivity index (χ4v) is 3.25. The molecule has 0 aliphatic heterocycles. The Balaban J connectivity index is 2.35. The van der Waals surface area contributed by atoms with E-state index in [1.165, 1.54) is 4.57 Å². The molecule has 0 fully saturated rings. The quantitative estimate of drug-likeness (QED) is 0.434. The fourth-order valence-electron chi connectivity index (χ4n) is 2.97. The van der Waals surface area contributed by atoms with E-state index < -0.39 is 8.25 Å². The van der Waals surface area contributed by atoms with E-state index in [0.717, 1.165) is 25.7 Å². The highest BCUT2D eigenvalue weighted by Gasteiger charge is 2.17. The lowest BCUT2D eigenvalue weighted by molar-refractivity contribution is 0.273. The smallest absolute Gasteiger partial charge is 0.325 e. The largest absolute Gasteiger partial charge is 0.694 e. The summed E-state index contributed by atoms with van der Waals surface area (Å²) in [5.41, 5.74) is 0.278. The van der Waals surface area contributed by atoms with Gasteiger partial charge in [-0.25, -0.2) is 9.78 Å². The summed E-state index contributed by atoms with van der Waals surface area (Å²) < 4.78 is 19.9. The normalized spacial score (nSPS) is 12.0. The van der Waals surface area contributed by atoms with E-state index in [1.54, 1.807) is 15.5 Å². The molecule has 2 heterocycles. The van der Waals surface area contributed by atoms with E-state index in [2.05, 4.69) is 16.4 Å². The predicted octanol–water partition coefficient (Wildman–Crippen LogP) is 2.41. The predicted molar refractivity (Wildman–Crippen MR) is 103 cm³/mol. The lowest BCUT2D eigenvalue weighted by Gasteiger charge is -2.12. The van der Waals surface area contributed by atoms with Gasteiger partial charge in [0.1, 0.15) is 6.61 Å². The van der Waals surface area contributed by atoms with Gasteiger partial charge < -0.3 is 4.57 Å². The molecule has 2 rings (SSSR count). The van der Waals surface area contributed by atoms with Crippen molar-refractivity contribution in [1.29, 1.82) is 0 Å². The van der Waals surface area contributed by atoms with Gasteiger partial charge in [0.15, 0.2) is 11.2 Å². The molecule has 0 aliphatic carbocycles. The Kier molecular flexibility index (Phi) is 8.34. The van der Waals surface area contributed by atoms with E-state index in [0.29, 0.717) is 43.6 Å².